The fraction of sp³-hybridized carbons (Fsp3) is 0.400. The molecular weight excluding hydrogens is 180 g/mol. The third kappa shape index (κ3) is 1.37. The standard InChI is InChI=1S/C10H12N2O2/c11-9-5-6-10(12(13)14)8-4-2-1-3-7(8)9/h1-4,9-10H,5-6,11H2. The van der Waals surface area contributed by atoms with Gasteiger partial charge >= 0.3 is 0 Å². The first-order chi connectivity index (χ1) is 6.70. The molecule has 4 heteroatoms. The van der Waals surface area contributed by atoms with Crippen LogP contribution in [0.5, 0.6) is 0 Å². The quantitative estimate of drug-likeness (QED) is 0.544. The fourth-order valence-corrected chi connectivity index (χ4v) is 2.02. The summed E-state index contributed by atoms with van der Waals surface area (Å²) in [5.41, 5.74) is 7.61. The molecule has 0 spiro atoms. The molecule has 4 nitrogen and oxygen atoms in total. The Hall–Kier alpha value is -1.42. The predicted octanol–water partition coefficient (Wildman–Crippen LogP) is 1.80. The van der Waals surface area contributed by atoms with Gasteiger partial charge in [-0.05, 0) is 12.0 Å². The zero-order valence-electron chi connectivity index (χ0n) is 7.72. The Morgan fingerprint density at radius 1 is 1.29 bits per heavy atom. The highest BCUT2D eigenvalue weighted by atomic mass is 16.6. The summed E-state index contributed by atoms with van der Waals surface area (Å²) >= 11 is 0. The molecule has 0 saturated heterocycles. The van der Waals surface area contributed by atoms with Crippen LogP contribution in [0.3, 0.4) is 0 Å². The zero-order chi connectivity index (χ0) is 10.1. The number of nitrogens with two attached hydrogens (primary N) is 1. The molecule has 0 saturated carbocycles. The lowest BCUT2D eigenvalue weighted by Gasteiger charge is -2.24. The summed E-state index contributed by atoms with van der Waals surface area (Å²) in [6.07, 6.45) is 1.24. The fourth-order valence-electron chi connectivity index (χ4n) is 2.02. The third-order valence-corrected chi connectivity index (χ3v) is 2.76. The number of benzene rings is 1. The van der Waals surface area contributed by atoms with Gasteiger partial charge in [-0.3, -0.25) is 10.1 Å². The Balaban J connectivity index is 2.46. The van der Waals surface area contributed by atoms with Gasteiger partial charge in [-0.1, -0.05) is 24.3 Å². The first-order valence-electron chi connectivity index (χ1n) is 4.68. The molecule has 0 amide bonds. The number of nitro groups is 1. The lowest BCUT2D eigenvalue weighted by molar-refractivity contribution is -0.531. The van der Waals surface area contributed by atoms with Crippen molar-refractivity contribution in [2.75, 3.05) is 0 Å². The molecule has 0 fully saturated rings. The van der Waals surface area contributed by atoms with Gasteiger partial charge in [-0.25, -0.2) is 0 Å². The first kappa shape index (κ1) is 9.15. The summed E-state index contributed by atoms with van der Waals surface area (Å²) in [4.78, 5) is 10.6. The van der Waals surface area contributed by atoms with Crippen LogP contribution in [0.4, 0.5) is 0 Å². The van der Waals surface area contributed by atoms with E-state index in [1.807, 2.05) is 24.3 Å². The highest BCUT2D eigenvalue weighted by Crippen LogP contribution is 2.36. The van der Waals surface area contributed by atoms with E-state index in [0.717, 1.165) is 11.1 Å². The Kier molecular flexibility index (Phi) is 2.21. The summed E-state index contributed by atoms with van der Waals surface area (Å²) in [5, 5.41) is 10.8. The molecule has 2 unspecified atom stereocenters. The number of nitrogens with zero attached hydrogens (tertiary/aromatic N) is 1. The van der Waals surface area contributed by atoms with Crippen molar-refractivity contribution in [2.24, 2.45) is 5.73 Å². The van der Waals surface area contributed by atoms with Gasteiger partial charge in [-0.2, -0.15) is 0 Å². The summed E-state index contributed by atoms with van der Waals surface area (Å²) in [5.74, 6) is 0. The molecule has 0 heterocycles. The largest absolute Gasteiger partial charge is 0.324 e. The molecule has 1 aliphatic rings. The lowest BCUT2D eigenvalue weighted by atomic mass is 9.85. The number of hydrogen-bond acceptors (Lipinski definition) is 3. The molecule has 2 rings (SSSR count). The Bertz CT molecular complexity index is 365. The van der Waals surface area contributed by atoms with E-state index in [9.17, 15) is 10.1 Å². The molecule has 0 radical (unpaired) electrons. The monoisotopic (exact) mass is 192 g/mol. The zero-order valence-corrected chi connectivity index (χ0v) is 7.72. The number of fused-ring (bicyclic) bond motifs is 1. The van der Waals surface area contributed by atoms with Crippen molar-refractivity contribution < 1.29 is 4.92 Å². The van der Waals surface area contributed by atoms with E-state index in [0.29, 0.717) is 12.8 Å². The minimum absolute atomic E-state index is 0.0394. The topological polar surface area (TPSA) is 69.2 Å². The predicted molar refractivity (Wildman–Crippen MR) is 52.3 cm³/mol. The summed E-state index contributed by atoms with van der Waals surface area (Å²) < 4.78 is 0. The molecule has 0 aromatic heterocycles. The summed E-state index contributed by atoms with van der Waals surface area (Å²) in [7, 11) is 0. The van der Waals surface area contributed by atoms with E-state index in [-0.39, 0.29) is 11.0 Å². The molecule has 0 bridgehead atoms. The van der Waals surface area contributed by atoms with Crippen LogP contribution in [0.1, 0.15) is 36.1 Å². The van der Waals surface area contributed by atoms with Gasteiger partial charge in [0.15, 0.2) is 0 Å². The van der Waals surface area contributed by atoms with Crippen molar-refractivity contribution in [2.45, 2.75) is 24.9 Å². The molecule has 74 valence electrons. The Morgan fingerprint density at radius 3 is 2.57 bits per heavy atom. The molecule has 1 aliphatic carbocycles. The average molecular weight is 192 g/mol. The van der Waals surface area contributed by atoms with Gasteiger partial charge in [0, 0.05) is 22.9 Å². The van der Waals surface area contributed by atoms with Crippen LogP contribution in [0.15, 0.2) is 24.3 Å². The maximum absolute atomic E-state index is 10.8. The molecule has 2 N–H and O–H groups in total. The third-order valence-electron chi connectivity index (χ3n) is 2.76. The van der Waals surface area contributed by atoms with Crippen molar-refractivity contribution in [3.63, 3.8) is 0 Å². The van der Waals surface area contributed by atoms with Gasteiger partial charge in [-0.15, -0.1) is 0 Å². The van der Waals surface area contributed by atoms with E-state index in [1.54, 1.807) is 0 Å². The number of hydrogen-bond donors (Lipinski definition) is 1. The summed E-state index contributed by atoms with van der Waals surface area (Å²) in [6, 6.07) is 6.79. The van der Waals surface area contributed by atoms with Gasteiger partial charge in [0.25, 0.3) is 0 Å². The van der Waals surface area contributed by atoms with Crippen molar-refractivity contribution >= 4 is 0 Å². The summed E-state index contributed by atoms with van der Waals surface area (Å²) in [6.45, 7) is 0. The molecule has 1 aromatic rings. The highest BCUT2D eigenvalue weighted by molar-refractivity contribution is 5.33. The van der Waals surface area contributed by atoms with Crippen LogP contribution < -0.4 is 5.73 Å². The molecule has 2 atom stereocenters. The van der Waals surface area contributed by atoms with Crippen molar-refractivity contribution in [1.29, 1.82) is 0 Å². The van der Waals surface area contributed by atoms with Crippen LogP contribution in [0.2, 0.25) is 0 Å². The van der Waals surface area contributed by atoms with Crippen LogP contribution in [-0.2, 0) is 0 Å². The second-order valence-corrected chi connectivity index (χ2v) is 3.61. The lowest BCUT2D eigenvalue weighted by Crippen LogP contribution is -2.24. The van der Waals surface area contributed by atoms with E-state index >= 15 is 0 Å². The molecular formula is C10H12N2O2. The second kappa shape index (κ2) is 3.38. The van der Waals surface area contributed by atoms with Gasteiger partial charge in [0.1, 0.15) is 0 Å². The van der Waals surface area contributed by atoms with E-state index in [1.165, 1.54) is 0 Å². The smallest absolute Gasteiger partial charge is 0.238 e. The van der Waals surface area contributed by atoms with E-state index in [2.05, 4.69) is 0 Å². The number of rotatable bonds is 1. The minimum atomic E-state index is -0.564. The Labute approximate surface area is 81.9 Å². The Morgan fingerprint density at radius 2 is 1.93 bits per heavy atom. The van der Waals surface area contributed by atoms with Gasteiger partial charge < -0.3 is 5.73 Å². The van der Waals surface area contributed by atoms with Crippen LogP contribution >= 0.6 is 0 Å². The molecule has 0 aliphatic heterocycles. The normalized spacial score (nSPS) is 25.5. The van der Waals surface area contributed by atoms with E-state index < -0.39 is 6.04 Å². The molecule has 14 heavy (non-hydrogen) atoms. The maximum atomic E-state index is 10.8. The van der Waals surface area contributed by atoms with Gasteiger partial charge in [0.05, 0.1) is 0 Å². The van der Waals surface area contributed by atoms with Crippen molar-refractivity contribution in [3.05, 3.63) is 45.5 Å². The molecule has 1 aromatic carbocycles. The van der Waals surface area contributed by atoms with Crippen LogP contribution in [0, 0.1) is 10.1 Å². The average Bonchev–Trinajstić information content (AvgIpc) is 2.18. The second-order valence-electron chi connectivity index (χ2n) is 3.61. The van der Waals surface area contributed by atoms with Crippen LogP contribution in [0.25, 0.3) is 0 Å². The van der Waals surface area contributed by atoms with Crippen LogP contribution in [-0.4, -0.2) is 4.92 Å². The first-order valence-corrected chi connectivity index (χ1v) is 4.68. The van der Waals surface area contributed by atoms with E-state index in [4.69, 9.17) is 5.73 Å². The van der Waals surface area contributed by atoms with Gasteiger partial charge in [0.2, 0.25) is 6.04 Å². The van der Waals surface area contributed by atoms with Crippen molar-refractivity contribution in [3.8, 4) is 0 Å². The highest BCUT2D eigenvalue weighted by Gasteiger charge is 2.31. The maximum Gasteiger partial charge on any atom is 0.238 e. The minimum Gasteiger partial charge on any atom is -0.324 e. The SMILES string of the molecule is NC1CCC([N+](=O)[O-])c2ccccc21. The van der Waals surface area contributed by atoms with Crippen molar-refractivity contribution in [1.82, 2.24) is 0 Å².